The lowest BCUT2D eigenvalue weighted by Crippen LogP contribution is -2.44. The van der Waals surface area contributed by atoms with E-state index in [0.29, 0.717) is 38.3 Å². The number of hydrogen-bond donors (Lipinski definition) is 1. The minimum absolute atomic E-state index is 0.0930. The highest BCUT2D eigenvalue weighted by Gasteiger charge is 2.34. The number of hydrogen-bond acceptors (Lipinski definition) is 7. The minimum Gasteiger partial charge on any atom is -0.469 e. The molecule has 2 atom stereocenters. The number of benzene rings is 2. The van der Waals surface area contributed by atoms with E-state index < -0.39 is 17.6 Å². The molecule has 41 heavy (non-hydrogen) atoms. The predicted molar refractivity (Wildman–Crippen MR) is 150 cm³/mol. The number of piperazine rings is 1. The molecule has 2 aromatic carbocycles. The summed E-state index contributed by atoms with van der Waals surface area (Å²) in [6.07, 6.45) is -4.37. The molecule has 0 aliphatic carbocycles. The Hall–Kier alpha value is -2.99. The topological polar surface area (TPSA) is 74.3 Å². The van der Waals surface area contributed by atoms with E-state index in [2.05, 4.69) is 22.0 Å². The van der Waals surface area contributed by atoms with Crippen LogP contribution in [-0.2, 0) is 33.5 Å². The average molecular weight is 577 g/mol. The second-order valence-corrected chi connectivity index (χ2v) is 11.0. The van der Waals surface area contributed by atoms with E-state index in [0.717, 1.165) is 30.3 Å². The van der Waals surface area contributed by atoms with Gasteiger partial charge in [-0.25, -0.2) is 0 Å². The molecule has 1 fully saturated rings. The van der Waals surface area contributed by atoms with Crippen LogP contribution in [0.3, 0.4) is 0 Å². The van der Waals surface area contributed by atoms with Crippen LogP contribution in [0.4, 0.5) is 18.9 Å². The summed E-state index contributed by atoms with van der Waals surface area (Å²) in [5.74, 6) is -0.665. The molecule has 0 aromatic heterocycles. The SMILES string of the molecule is COCC(CC(=O)OC)N1Cc2cc(C(=O)Nc3ccc(CN4CCN(C)CC4)c(C(F)(F)F)c3)ccc2[C@@H](C)C1. The van der Waals surface area contributed by atoms with Crippen LogP contribution in [0.15, 0.2) is 36.4 Å². The highest BCUT2D eigenvalue weighted by Crippen LogP contribution is 2.35. The number of nitrogens with zero attached hydrogens (tertiary/aromatic N) is 3. The summed E-state index contributed by atoms with van der Waals surface area (Å²) in [6.45, 7) is 6.88. The molecule has 0 spiro atoms. The standard InChI is InChI=1S/C30H39F3N4O4/c1-20-16-37(25(19-40-3)15-28(38)41-4)18-23-13-21(6-8-26(20)23)29(39)34-24-7-5-22(27(14-24)30(31,32)33)17-36-11-9-35(2)10-12-36/h5-8,13-14,20,25H,9-12,15-19H2,1-4H3,(H,34,39)/t20-,25?/m0/s1. The summed E-state index contributed by atoms with van der Waals surface area (Å²) in [5, 5.41) is 2.66. The van der Waals surface area contributed by atoms with Gasteiger partial charge in [-0.3, -0.25) is 19.4 Å². The molecule has 1 unspecified atom stereocenters. The molecule has 1 amide bonds. The summed E-state index contributed by atoms with van der Waals surface area (Å²) >= 11 is 0. The number of nitrogens with one attached hydrogen (secondary N) is 1. The van der Waals surface area contributed by atoms with Crippen molar-refractivity contribution in [2.45, 2.75) is 44.6 Å². The number of methoxy groups -OCH3 is 2. The Balaban J connectivity index is 1.50. The van der Waals surface area contributed by atoms with Crippen LogP contribution in [0, 0.1) is 0 Å². The van der Waals surface area contributed by atoms with Crippen molar-refractivity contribution in [2.75, 3.05) is 65.9 Å². The van der Waals surface area contributed by atoms with Crippen LogP contribution in [0.2, 0.25) is 0 Å². The summed E-state index contributed by atoms with van der Waals surface area (Å²) in [4.78, 5) is 31.5. The molecule has 4 rings (SSSR count). The van der Waals surface area contributed by atoms with E-state index in [-0.39, 0.29) is 42.1 Å². The maximum absolute atomic E-state index is 14.0. The molecular weight excluding hydrogens is 537 g/mol. The van der Waals surface area contributed by atoms with Crippen LogP contribution in [-0.4, -0.2) is 93.2 Å². The maximum atomic E-state index is 14.0. The lowest BCUT2D eigenvalue weighted by Gasteiger charge is -2.38. The summed E-state index contributed by atoms with van der Waals surface area (Å²) in [5.41, 5.74) is 1.93. The third kappa shape index (κ3) is 7.85. The molecule has 0 bridgehead atoms. The monoisotopic (exact) mass is 576 g/mol. The van der Waals surface area contributed by atoms with Gasteiger partial charge in [-0.1, -0.05) is 19.1 Å². The van der Waals surface area contributed by atoms with Gasteiger partial charge in [-0.2, -0.15) is 13.2 Å². The van der Waals surface area contributed by atoms with Crippen LogP contribution < -0.4 is 5.32 Å². The first-order chi connectivity index (χ1) is 19.5. The molecule has 11 heteroatoms. The number of anilines is 1. The highest BCUT2D eigenvalue weighted by molar-refractivity contribution is 6.04. The first-order valence-electron chi connectivity index (χ1n) is 13.8. The quantitative estimate of drug-likeness (QED) is 0.449. The number of likely N-dealkylation sites (N-methyl/N-ethyl adjacent to an activating group) is 1. The van der Waals surface area contributed by atoms with Crippen LogP contribution in [0.1, 0.15) is 51.9 Å². The average Bonchev–Trinajstić information content (AvgIpc) is 2.93. The van der Waals surface area contributed by atoms with Crippen molar-refractivity contribution >= 4 is 17.6 Å². The van der Waals surface area contributed by atoms with Gasteiger partial charge in [0.25, 0.3) is 5.91 Å². The number of halogens is 3. The molecule has 1 N–H and O–H groups in total. The smallest absolute Gasteiger partial charge is 0.416 e. The van der Waals surface area contributed by atoms with Crippen LogP contribution in [0.25, 0.3) is 0 Å². The summed E-state index contributed by atoms with van der Waals surface area (Å²) in [6, 6.07) is 9.20. The number of carbonyl (C=O) groups excluding carboxylic acids is 2. The van der Waals surface area contributed by atoms with Gasteiger partial charge in [0, 0.05) is 70.2 Å². The van der Waals surface area contributed by atoms with Gasteiger partial charge in [-0.15, -0.1) is 0 Å². The molecule has 2 aromatic rings. The highest BCUT2D eigenvalue weighted by atomic mass is 19.4. The fourth-order valence-corrected chi connectivity index (χ4v) is 5.64. The second-order valence-electron chi connectivity index (χ2n) is 11.0. The fourth-order valence-electron chi connectivity index (χ4n) is 5.64. The predicted octanol–water partition coefficient (Wildman–Crippen LogP) is 4.20. The van der Waals surface area contributed by atoms with Crippen molar-refractivity contribution < 1.29 is 32.2 Å². The summed E-state index contributed by atoms with van der Waals surface area (Å²) in [7, 11) is 4.93. The zero-order valence-corrected chi connectivity index (χ0v) is 24.1. The van der Waals surface area contributed by atoms with E-state index in [9.17, 15) is 22.8 Å². The molecule has 224 valence electrons. The Morgan fingerprint density at radius 2 is 1.80 bits per heavy atom. The maximum Gasteiger partial charge on any atom is 0.416 e. The van der Waals surface area contributed by atoms with Gasteiger partial charge in [0.05, 0.1) is 25.7 Å². The number of fused-ring (bicyclic) bond motifs is 1. The number of esters is 1. The number of carbonyl (C=O) groups is 2. The van der Waals surface area contributed by atoms with Gasteiger partial charge in [0.15, 0.2) is 0 Å². The Morgan fingerprint density at radius 3 is 2.46 bits per heavy atom. The van der Waals surface area contributed by atoms with Gasteiger partial charge >= 0.3 is 12.1 Å². The van der Waals surface area contributed by atoms with E-state index in [4.69, 9.17) is 9.47 Å². The zero-order chi connectivity index (χ0) is 29.7. The number of alkyl halides is 3. The minimum atomic E-state index is -4.54. The third-order valence-electron chi connectivity index (χ3n) is 7.99. The Morgan fingerprint density at radius 1 is 1.07 bits per heavy atom. The van der Waals surface area contributed by atoms with E-state index in [1.54, 1.807) is 19.2 Å². The molecular formula is C30H39F3N4O4. The van der Waals surface area contributed by atoms with E-state index in [1.165, 1.54) is 19.2 Å². The van der Waals surface area contributed by atoms with Crippen molar-refractivity contribution in [3.05, 3.63) is 64.2 Å². The van der Waals surface area contributed by atoms with Crippen LogP contribution in [0.5, 0.6) is 0 Å². The second kappa shape index (κ2) is 13.3. The van der Waals surface area contributed by atoms with Gasteiger partial charge in [0.1, 0.15) is 0 Å². The molecule has 0 saturated carbocycles. The lowest BCUT2D eigenvalue weighted by molar-refractivity contribution is -0.143. The number of rotatable bonds is 9. The van der Waals surface area contributed by atoms with Crippen molar-refractivity contribution in [1.29, 1.82) is 0 Å². The molecule has 2 heterocycles. The van der Waals surface area contributed by atoms with Crippen molar-refractivity contribution in [3.8, 4) is 0 Å². The largest absolute Gasteiger partial charge is 0.469 e. The fraction of sp³-hybridized carbons (Fsp3) is 0.533. The van der Waals surface area contributed by atoms with Gasteiger partial charge in [0.2, 0.25) is 0 Å². The van der Waals surface area contributed by atoms with Gasteiger partial charge in [-0.05, 0) is 53.9 Å². The van der Waals surface area contributed by atoms with E-state index in [1.807, 2.05) is 18.0 Å². The number of amides is 1. The van der Waals surface area contributed by atoms with Gasteiger partial charge < -0.3 is 19.7 Å². The Kier molecular flexibility index (Phi) is 10.1. The van der Waals surface area contributed by atoms with Crippen molar-refractivity contribution in [3.63, 3.8) is 0 Å². The molecule has 1 saturated heterocycles. The van der Waals surface area contributed by atoms with Crippen LogP contribution >= 0.6 is 0 Å². The molecule has 8 nitrogen and oxygen atoms in total. The summed E-state index contributed by atoms with van der Waals surface area (Å²) < 4.78 is 52.2. The molecule has 2 aliphatic heterocycles. The third-order valence-corrected chi connectivity index (χ3v) is 7.99. The van der Waals surface area contributed by atoms with Crippen molar-refractivity contribution in [2.24, 2.45) is 0 Å². The Bertz CT molecular complexity index is 1230. The normalized spacial score (nSPS) is 19.4. The number of ether oxygens (including phenoxy) is 2. The van der Waals surface area contributed by atoms with Crippen molar-refractivity contribution in [1.82, 2.24) is 14.7 Å². The first kappa shape index (κ1) is 31.0. The lowest BCUT2D eigenvalue weighted by atomic mass is 9.88. The Labute approximate surface area is 239 Å². The molecule has 0 radical (unpaired) electrons. The molecule has 2 aliphatic rings. The first-order valence-corrected chi connectivity index (χ1v) is 13.8. The zero-order valence-electron chi connectivity index (χ0n) is 24.1. The van der Waals surface area contributed by atoms with E-state index >= 15 is 0 Å².